The number of halogens is 1. The highest BCUT2D eigenvalue weighted by Gasteiger charge is 2.50. The van der Waals surface area contributed by atoms with Crippen LogP contribution >= 0.6 is 22.7 Å². The number of carbonyl (C=O) groups is 1. The molecule has 2 bridgehead atoms. The van der Waals surface area contributed by atoms with Crippen LogP contribution in [0.15, 0.2) is 34.3 Å². The Bertz CT molecular complexity index is 702. The minimum absolute atomic E-state index is 0. The molecule has 0 N–H and O–H groups in total. The van der Waals surface area contributed by atoms with Crippen LogP contribution in [0.1, 0.15) is 31.2 Å². The smallest absolute Gasteiger partial charge is 0.415 e. The average molecular weight is 504 g/mol. The summed E-state index contributed by atoms with van der Waals surface area (Å²) in [6.07, 6.45) is 4.36. The fraction of sp³-hybridized carbons (Fsp3) is 0.526. The van der Waals surface area contributed by atoms with Gasteiger partial charge in [-0.15, -0.1) is 11.3 Å². The lowest BCUT2D eigenvalue weighted by molar-refractivity contribution is -0.931. The van der Waals surface area contributed by atoms with Gasteiger partial charge in [-0.05, 0) is 39.9 Å². The first-order valence-electron chi connectivity index (χ1n) is 8.90. The van der Waals surface area contributed by atoms with Gasteiger partial charge in [0.2, 0.25) is 0 Å². The molecule has 0 spiro atoms. The van der Waals surface area contributed by atoms with Crippen LogP contribution < -0.4 is 28.9 Å². The summed E-state index contributed by atoms with van der Waals surface area (Å²) in [6, 6.07) is 7.30. The summed E-state index contributed by atoms with van der Waals surface area (Å²) < 4.78 is 7.08. The van der Waals surface area contributed by atoms with Gasteiger partial charge in [-0.25, -0.2) is 4.79 Å². The highest BCUT2D eigenvalue weighted by atomic mass is 127. The van der Waals surface area contributed by atoms with Crippen molar-refractivity contribution in [2.45, 2.75) is 50.4 Å². The number of anilines is 1. The van der Waals surface area contributed by atoms with Gasteiger partial charge in [0.1, 0.15) is 11.1 Å². The highest BCUT2D eigenvalue weighted by Crippen LogP contribution is 2.40. The van der Waals surface area contributed by atoms with E-state index >= 15 is 0 Å². The van der Waals surface area contributed by atoms with Crippen LogP contribution in [0.5, 0.6) is 0 Å². The molecule has 4 rings (SSSR count). The molecule has 0 saturated carbocycles. The number of fused-ring (bicyclic) bond motifs is 2. The lowest BCUT2D eigenvalue weighted by Crippen LogP contribution is -3.00. The summed E-state index contributed by atoms with van der Waals surface area (Å²) in [4.78, 5) is 14.7. The third-order valence-corrected chi connectivity index (χ3v) is 7.59. The molecular weight excluding hydrogens is 479 g/mol. The molecule has 4 heterocycles. The van der Waals surface area contributed by atoms with Crippen LogP contribution in [0.2, 0.25) is 0 Å². The van der Waals surface area contributed by atoms with Crippen molar-refractivity contribution in [1.82, 2.24) is 0 Å². The van der Waals surface area contributed by atoms with E-state index in [2.05, 4.69) is 25.5 Å². The van der Waals surface area contributed by atoms with Crippen LogP contribution in [-0.4, -0.2) is 42.9 Å². The SMILES string of the molecule is C[N+]1(C)[C@@H]2CC[C@H]1CC(OC(=O)N(Cc1ccsc1)c1cccs1)C2.[I-]. The summed E-state index contributed by atoms with van der Waals surface area (Å²) in [5.74, 6) is 0. The van der Waals surface area contributed by atoms with Crippen molar-refractivity contribution in [2.75, 3.05) is 19.0 Å². The van der Waals surface area contributed by atoms with Gasteiger partial charge in [0.25, 0.3) is 0 Å². The van der Waals surface area contributed by atoms with Gasteiger partial charge in [0, 0.05) is 25.7 Å². The lowest BCUT2D eigenvalue weighted by atomic mass is 9.98. The fourth-order valence-electron chi connectivity index (χ4n) is 4.35. The van der Waals surface area contributed by atoms with Gasteiger partial charge in [-0.3, -0.25) is 4.90 Å². The predicted octanol–water partition coefficient (Wildman–Crippen LogP) is 1.73. The number of carbonyl (C=O) groups excluding carboxylic acids is 1. The van der Waals surface area contributed by atoms with E-state index in [0.29, 0.717) is 18.6 Å². The molecule has 0 aliphatic carbocycles. The Labute approximate surface area is 180 Å². The number of ether oxygens (including phenoxy) is 1. The first-order valence-corrected chi connectivity index (χ1v) is 10.7. The number of thiophene rings is 2. The molecule has 4 nitrogen and oxygen atoms in total. The van der Waals surface area contributed by atoms with E-state index in [1.807, 2.05) is 22.9 Å². The zero-order valence-electron chi connectivity index (χ0n) is 15.1. The van der Waals surface area contributed by atoms with Crippen LogP contribution in [0.25, 0.3) is 0 Å². The zero-order valence-corrected chi connectivity index (χ0v) is 18.9. The van der Waals surface area contributed by atoms with Crippen molar-refractivity contribution in [2.24, 2.45) is 0 Å². The Morgan fingerprint density at radius 1 is 1.23 bits per heavy atom. The maximum atomic E-state index is 12.9. The minimum atomic E-state index is -0.203. The van der Waals surface area contributed by atoms with Crippen LogP contribution in [0.4, 0.5) is 9.80 Å². The molecule has 0 aromatic carbocycles. The van der Waals surface area contributed by atoms with Crippen LogP contribution in [-0.2, 0) is 11.3 Å². The number of hydrogen-bond donors (Lipinski definition) is 0. The van der Waals surface area contributed by atoms with Gasteiger partial charge in [-0.1, -0.05) is 0 Å². The molecule has 26 heavy (non-hydrogen) atoms. The molecular formula is C19H25IN2O2S2. The third kappa shape index (κ3) is 3.95. The number of piperidine rings is 1. The summed E-state index contributed by atoms with van der Waals surface area (Å²) >= 11 is 3.24. The van der Waals surface area contributed by atoms with Crippen molar-refractivity contribution in [3.05, 3.63) is 39.9 Å². The predicted molar refractivity (Wildman–Crippen MR) is 103 cm³/mol. The molecule has 1 amide bonds. The normalized spacial score (nSPS) is 26.2. The van der Waals surface area contributed by atoms with E-state index in [1.165, 1.54) is 12.8 Å². The Hall–Kier alpha value is -0.640. The van der Waals surface area contributed by atoms with Crippen molar-refractivity contribution < 1.29 is 38.0 Å². The van der Waals surface area contributed by atoms with E-state index in [9.17, 15) is 4.79 Å². The van der Waals surface area contributed by atoms with Gasteiger partial charge in [-0.2, -0.15) is 11.3 Å². The number of hydrogen-bond acceptors (Lipinski definition) is 4. The van der Waals surface area contributed by atoms with Crippen molar-refractivity contribution in [3.63, 3.8) is 0 Å². The van der Waals surface area contributed by atoms with Crippen LogP contribution in [0.3, 0.4) is 0 Å². The number of rotatable bonds is 4. The quantitative estimate of drug-likeness (QED) is 0.469. The summed E-state index contributed by atoms with van der Waals surface area (Å²) in [5.41, 5.74) is 1.15. The number of quaternary nitrogens is 1. The molecule has 0 radical (unpaired) electrons. The topological polar surface area (TPSA) is 29.5 Å². The molecule has 3 atom stereocenters. The van der Waals surface area contributed by atoms with Crippen molar-refractivity contribution >= 4 is 33.8 Å². The van der Waals surface area contributed by atoms with E-state index in [4.69, 9.17) is 4.74 Å². The molecule has 2 fully saturated rings. The zero-order chi connectivity index (χ0) is 17.4. The Kier molecular flexibility index (Phi) is 6.31. The molecule has 2 aromatic rings. The number of nitrogens with zero attached hydrogens (tertiary/aromatic N) is 2. The monoisotopic (exact) mass is 504 g/mol. The molecule has 2 aliphatic rings. The van der Waals surface area contributed by atoms with Gasteiger partial charge in [0.05, 0.1) is 32.7 Å². The minimum Gasteiger partial charge on any atom is -1.00 e. The van der Waals surface area contributed by atoms with Gasteiger partial charge in [0.15, 0.2) is 0 Å². The van der Waals surface area contributed by atoms with E-state index in [0.717, 1.165) is 27.9 Å². The molecule has 2 aromatic heterocycles. The Morgan fingerprint density at radius 3 is 2.54 bits per heavy atom. The Balaban J connectivity index is 0.00000196. The first-order chi connectivity index (χ1) is 12.0. The van der Waals surface area contributed by atoms with Crippen LogP contribution in [0, 0.1) is 0 Å². The van der Waals surface area contributed by atoms with Crippen molar-refractivity contribution in [3.8, 4) is 0 Å². The van der Waals surface area contributed by atoms with E-state index in [-0.39, 0.29) is 36.2 Å². The summed E-state index contributed by atoms with van der Waals surface area (Å²) in [5, 5.41) is 7.09. The molecule has 2 aliphatic heterocycles. The summed E-state index contributed by atoms with van der Waals surface area (Å²) in [7, 11) is 4.66. The molecule has 7 heteroatoms. The number of amides is 1. The first kappa shape index (κ1) is 20.1. The van der Waals surface area contributed by atoms with E-state index < -0.39 is 0 Å². The van der Waals surface area contributed by atoms with Crippen molar-refractivity contribution in [1.29, 1.82) is 0 Å². The van der Waals surface area contributed by atoms with Gasteiger partial charge < -0.3 is 33.2 Å². The second kappa shape index (κ2) is 8.16. The van der Waals surface area contributed by atoms with Gasteiger partial charge >= 0.3 is 6.09 Å². The fourth-order valence-corrected chi connectivity index (χ4v) is 5.73. The second-order valence-corrected chi connectivity index (χ2v) is 9.37. The third-order valence-electron chi connectivity index (χ3n) is 5.97. The van der Waals surface area contributed by atoms with E-state index in [1.54, 1.807) is 27.6 Å². The molecule has 1 unspecified atom stereocenters. The molecule has 142 valence electrons. The largest absolute Gasteiger partial charge is 1.00 e. The molecule has 2 saturated heterocycles. The Morgan fingerprint density at radius 2 is 1.96 bits per heavy atom. The lowest BCUT2D eigenvalue weighted by Gasteiger charge is -2.44. The summed E-state index contributed by atoms with van der Waals surface area (Å²) in [6.45, 7) is 0.573. The maximum absolute atomic E-state index is 12.9. The standard InChI is InChI=1S/C19H25N2O2S2.HI/c1-21(2)15-5-6-16(21)11-17(10-15)23-19(22)20(18-4-3-8-25-18)12-14-7-9-24-13-14;/h3-4,7-9,13,15-17H,5-6,10-12H2,1-2H3;1H/q+1;/p-1/t15-,16+,17?;. The maximum Gasteiger partial charge on any atom is 0.415 e. The average Bonchev–Trinajstić information content (AvgIpc) is 3.28. The second-order valence-electron chi connectivity index (χ2n) is 7.66. The highest BCUT2D eigenvalue weighted by molar-refractivity contribution is 7.14.